The Hall–Kier alpha value is -3.06. The number of likely N-dealkylation sites (N-methyl/N-ethyl adjacent to an activating group) is 1. The van der Waals surface area contributed by atoms with Gasteiger partial charge in [-0.3, -0.25) is 9.59 Å². The van der Waals surface area contributed by atoms with E-state index < -0.39 is 23.4 Å². The number of carbonyl (C=O) groups is 2. The van der Waals surface area contributed by atoms with Gasteiger partial charge in [0.1, 0.15) is 17.3 Å². The molecular weight excluding hydrogens is 388 g/mol. The number of carbonyl (C=O) groups excluding carboxylic acids is 2. The molecule has 7 heteroatoms. The Bertz CT molecular complexity index is 1010. The predicted molar refractivity (Wildman–Crippen MR) is 110 cm³/mol. The van der Waals surface area contributed by atoms with Crippen molar-refractivity contribution < 1.29 is 18.4 Å². The Morgan fingerprint density at radius 1 is 0.967 bits per heavy atom. The fourth-order valence-electron chi connectivity index (χ4n) is 4.15. The number of amides is 2. The predicted octanol–water partition coefficient (Wildman–Crippen LogP) is 3.28. The third-order valence-corrected chi connectivity index (χ3v) is 5.86. The zero-order valence-electron chi connectivity index (χ0n) is 16.9. The van der Waals surface area contributed by atoms with E-state index in [2.05, 4.69) is 4.90 Å². The number of benzene rings is 2. The van der Waals surface area contributed by atoms with Crippen LogP contribution in [0.4, 0.5) is 14.5 Å². The van der Waals surface area contributed by atoms with Crippen LogP contribution in [0.25, 0.3) is 5.57 Å². The van der Waals surface area contributed by atoms with Crippen LogP contribution in [0.5, 0.6) is 0 Å². The van der Waals surface area contributed by atoms with Crippen molar-refractivity contribution in [3.63, 3.8) is 0 Å². The fraction of sp³-hybridized carbons (Fsp3) is 0.304. The average molecular weight is 411 g/mol. The van der Waals surface area contributed by atoms with Gasteiger partial charge in [-0.05, 0) is 50.7 Å². The van der Waals surface area contributed by atoms with Crippen molar-refractivity contribution in [2.45, 2.75) is 18.9 Å². The summed E-state index contributed by atoms with van der Waals surface area (Å²) in [5.41, 5.74) is 0.644. The molecule has 5 nitrogen and oxygen atoms in total. The van der Waals surface area contributed by atoms with Gasteiger partial charge in [-0.2, -0.15) is 0 Å². The van der Waals surface area contributed by atoms with Gasteiger partial charge in [0.05, 0.1) is 11.3 Å². The Morgan fingerprint density at radius 3 is 2.30 bits per heavy atom. The van der Waals surface area contributed by atoms with Gasteiger partial charge in [0.25, 0.3) is 11.8 Å². The number of nitrogens with zero attached hydrogens (tertiary/aromatic N) is 3. The second-order valence-corrected chi connectivity index (χ2v) is 7.78. The molecule has 2 aromatic carbocycles. The van der Waals surface area contributed by atoms with Crippen molar-refractivity contribution in [1.29, 1.82) is 0 Å². The third kappa shape index (κ3) is 3.50. The summed E-state index contributed by atoms with van der Waals surface area (Å²) in [6, 6.07) is 11.7. The zero-order chi connectivity index (χ0) is 21.4. The minimum atomic E-state index is -0.825. The van der Waals surface area contributed by atoms with Crippen LogP contribution in [0.15, 0.2) is 54.2 Å². The topological polar surface area (TPSA) is 43.9 Å². The van der Waals surface area contributed by atoms with Crippen LogP contribution in [0.1, 0.15) is 18.4 Å². The van der Waals surface area contributed by atoms with Crippen molar-refractivity contribution in [1.82, 2.24) is 9.80 Å². The number of likely N-dealkylation sites (tertiary alicyclic amines) is 1. The van der Waals surface area contributed by atoms with E-state index in [1.54, 1.807) is 31.3 Å². The molecule has 30 heavy (non-hydrogen) atoms. The monoisotopic (exact) mass is 411 g/mol. The molecule has 2 heterocycles. The summed E-state index contributed by atoms with van der Waals surface area (Å²) >= 11 is 0. The Kier molecular flexibility index (Phi) is 5.39. The molecule has 156 valence electrons. The molecule has 2 aliphatic rings. The lowest BCUT2D eigenvalue weighted by atomic mass is 10.0. The third-order valence-electron chi connectivity index (χ3n) is 5.86. The number of hydrogen-bond acceptors (Lipinski definition) is 4. The molecule has 0 spiro atoms. The lowest BCUT2D eigenvalue weighted by Crippen LogP contribution is -2.43. The molecule has 0 radical (unpaired) electrons. The molecule has 2 amide bonds. The molecule has 0 bridgehead atoms. The Balaban J connectivity index is 1.80. The van der Waals surface area contributed by atoms with E-state index in [1.807, 2.05) is 18.0 Å². The molecule has 0 saturated carbocycles. The van der Waals surface area contributed by atoms with Gasteiger partial charge < -0.3 is 9.80 Å². The van der Waals surface area contributed by atoms with Gasteiger partial charge in [0.2, 0.25) is 0 Å². The number of rotatable bonds is 4. The smallest absolute Gasteiger partial charge is 0.282 e. The number of piperidine rings is 1. The van der Waals surface area contributed by atoms with E-state index in [0.717, 1.165) is 49.0 Å². The molecule has 4 rings (SSSR count). The highest BCUT2D eigenvalue weighted by molar-refractivity contribution is 6.45. The van der Waals surface area contributed by atoms with Crippen LogP contribution in [-0.4, -0.2) is 54.8 Å². The summed E-state index contributed by atoms with van der Waals surface area (Å²) in [5.74, 6) is -2.82. The molecule has 0 unspecified atom stereocenters. The zero-order valence-corrected chi connectivity index (χ0v) is 16.9. The van der Waals surface area contributed by atoms with E-state index in [9.17, 15) is 18.4 Å². The molecule has 1 saturated heterocycles. The molecular formula is C23H23F2N3O2. The van der Waals surface area contributed by atoms with E-state index in [4.69, 9.17) is 0 Å². The molecule has 2 aromatic rings. The van der Waals surface area contributed by atoms with Crippen molar-refractivity contribution in [3.8, 4) is 0 Å². The van der Waals surface area contributed by atoms with E-state index in [1.165, 1.54) is 0 Å². The maximum absolute atomic E-state index is 14.5. The summed E-state index contributed by atoms with van der Waals surface area (Å²) in [5, 5.41) is 0. The van der Waals surface area contributed by atoms with E-state index in [0.29, 0.717) is 5.56 Å². The SMILES string of the molecule is CN1CCC(N(C)C2=C(c3ccccc3)C(=O)N(c3cc(F)ccc3F)C2=O)CC1. The van der Waals surface area contributed by atoms with Gasteiger partial charge in [-0.25, -0.2) is 13.7 Å². The molecule has 0 atom stereocenters. The van der Waals surface area contributed by atoms with Crippen LogP contribution in [0.2, 0.25) is 0 Å². The van der Waals surface area contributed by atoms with Crippen LogP contribution >= 0.6 is 0 Å². The maximum Gasteiger partial charge on any atom is 0.282 e. The van der Waals surface area contributed by atoms with Crippen molar-refractivity contribution in [2.24, 2.45) is 0 Å². The molecule has 1 fully saturated rings. The van der Waals surface area contributed by atoms with Gasteiger partial charge in [0.15, 0.2) is 0 Å². The standard InChI is InChI=1S/C23H23F2N3O2/c1-26-12-10-17(11-13-26)27(2)21-20(15-6-4-3-5-7-15)22(29)28(23(21)30)19-14-16(24)8-9-18(19)25/h3-9,14,17H,10-13H2,1-2H3. The number of imide groups is 1. The Labute approximate surface area is 174 Å². The van der Waals surface area contributed by atoms with Crippen molar-refractivity contribution in [2.75, 3.05) is 32.1 Å². The lowest BCUT2D eigenvalue weighted by molar-refractivity contribution is -0.120. The van der Waals surface area contributed by atoms with Gasteiger partial charge in [0, 0.05) is 19.2 Å². The van der Waals surface area contributed by atoms with Crippen molar-refractivity contribution in [3.05, 3.63) is 71.4 Å². The van der Waals surface area contributed by atoms with E-state index >= 15 is 0 Å². The van der Waals surface area contributed by atoms with Gasteiger partial charge >= 0.3 is 0 Å². The Morgan fingerprint density at radius 2 is 1.63 bits per heavy atom. The highest BCUT2D eigenvalue weighted by Crippen LogP contribution is 2.37. The normalized spacial score (nSPS) is 18.5. The number of hydrogen-bond donors (Lipinski definition) is 0. The van der Waals surface area contributed by atoms with Crippen LogP contribution in [0.3, 0.4) is 0 Å². The molecule has 2 aliphatic heterocycles. The average Bonchev–Trinajstić information content (AvgIpc) is 3.00. The van der Waals surface area contributed by atoms with Gasteiger partial charge in [-0.1, -0.05) is 30.3 Å². The quantitative estimate of drug-likeness (QED) is 0.725. The fourth-order valence-corrected chi connectivity index (χ4v) is 4.15. The second-order valence-electron chi connectivity index (χ2n) is 7.78. The summed E-state index contributed by atoms with van der Waals surface area (Å²) in [6.07, 6.45) is 1.68. The van der Waals surface area contributed by atoms with Gasteiger partial charge in [-0.15, -0.1) is 0 Å². The number of halogens is 2. The highest BCUT2D eigenvalue weighted by Gasteiger charge is 2.44. The molecule has 0 aliphatic carbocycles. The van der Waals surface area contributed by atoms with Crippen LogP contribution < -0.4 is 4.90 Å². The summed E-state index contributed by atoms with van der Waals surface area (Å²) < 4.78 is 28.3. The summed E-state index contributed by atoms with van der Waals surface area (Å²) in [4.78, 5) is 31.6. The van der Waals surface area contributed by atoms with E-state index in [-0.39, 0.29) is 23.0 Å². The second kappa shape index (κ2) is 7.99. The minimum absolute atomic E-state index is 0.0731. The largest absolute Gasteiger partial charge is 0.366 e. The highest BCUT2D eigenvalue weighted by atomic mass is 19.1. The maximum atomic E-state index is 14.5. The summed E-state index contributed by atoms with van der Waals surface area (Å²) in [7, 11) is 3.84. The first kappa shape index (κ1) is 20.2. The molecule has 0 aromatic heterocycles. The summed E-state index contributed by atoms with van der Waals surface area (Å²) in [6.45, 7) is 1.76. The number of anilines is 1. The first-order chi connectivity index (χ1) is 14.4. The van der Waals surface area contributed by atoms with Crippen molar-refractivity contribution >= 4 is 23.1 Å². The first-order valence-electron chi connectivity index (χ1n) is 9.93. The minimum Gasteiger partial charge on any atom is -0.366 e. The molecule has 0 N–H and O–H groups in total. The first-order valence-corrected chi connectivity index (χ1v) is 9.93. The van der Waals surface area contributed by atoms with Crippen LogP contribution in [0, 0.1) is 11.6 Å². The van der Waals surface area contributed by atoms with Crippen LogP contribution in [-0.2, 0) is 9.59 Å². The lowest BCUT2D eigenvalue weighted by Gasteiger charge is -2.36.